The van der Waals surface area contributed by atoms with Gasteiger partial charge in [-0.1, -0.05) is 0 Å². The molecule has 2 aliphatic heterocycles. The van der Waals surface area contributed by atoms with Gasteiger partial charge in [0.05, 0.1) is 18.2 Å². The zero-order valence-electron chi connectivity index (χ0n) is 13.4. The third-order valence-electron chi connectivity index (χ3n) is 4.83. The van der Waals surface area contributed by atoms with Crippen LogP contribution in [0.4, 0.5) is 0 Å². The molecule has 3 heterocycles. The van der Waals surface area contributed by atoms with Crippen molar-refractivity contribution < 1.29 is 13.2 Å². The average Bonchev–Trinajstić information content (AvgIpc) is 3.04. The van der Waals surface area contributed by atoms with Crippen LogP contribution >= 0.6 is 0 Å². The molecule has 6 nitrogen and oxygen atoms in total. The summed E-state index contributed by atoms with van der Waals surface area (Å²) >= 11 is 0. The fourth-order valence-corrected chi connectivity index (χ4v) is 4.55. The summed E-state index contributed by atoms with van der Waals surface area (Å²) in [5.74, 6) is -0.126. The van der Waals surface area contributed by atoms with Crippen molar-refractivity contribution in [1.82, 2.24) is 14.2 Å². The zero-order valence-corrected chi connectivity index (χ0v) is 14.2. The number of nitrogens with zero attached hydrogens (tertiary/aromatic N) is 3. The third-order valence-corrected chi connectivity index (χ3v) is 6.10. The summed E-state index contributed by atoms with van der Waals surface area (Å²) in [4.78, 5) is 18.9. The predicted octanol–water partition coefficient (Wildman–Crippen LogP) is 1.42. The van der Waals surface area contributed by atoms with Crippen LogP contribution in [0, 0.1) is 5.92 Å². The SMILES string of the molecule is CS(=O)(=O)N1CCC[C@@H](C(=O)N2CCC[C@@H]2c2ccncc2)C1. The largest absolute Gasteiger partial charge is 0.335 e. The quantitative estimate of drug-likeness (QED) is 0.836. The highest BCUT2D eigenvalue weighted by atomic mass is 32.2. The first-order chi connectivity index (χ1) is 11.0. The van der Waals surface area contributed by atoms with E-state index >= 15 is 0 Å². The number of aromatic nitrogens is 1. The summed E-state index contributed by atoms with van der Waals surface area (Å²) in [6.45, 7) is 1.59. The van der Waals surface area contributed by atoms with Crippen LogP contribution in [-0.2, 0) is 14.8 Å². The summed E-state index contributed by atoms with van der Waals surface area (Å²) in [6, 6.07) is 4.01. The molecular weight excluding hydrogens is 314 g/mol. The lowest BCUT2D eigenvalue weighted by Gasteiger charge is -2.34. The summed E-state index contributed by atoms with van der Waals surface area (Å²) in [7, 11) is -3.23. The Balaban J connectivity index is 1.74. The first-order valence-corrected chi connectivity index (χ1v) is 9.97. The van der Waals surface area contributed by atoms with E-state index in [1.54, 1.807) is 12.4 Å². The third kappa shape index (κ3) is 3.55. The van der Waals surface area contributed by atoms with Crippen LogP contribution in [-0.4, -0.2) is 54.4 Å². The molecule has 2 saturated heterocycles. The molecule has 0 saturated carbocycles. The lowest BCUT2D eigenvalue weighted by atomic mass is 9.97. The molecule has 2 aliphatic rings. The lowest BCUT2D eigenvalue weighted by Crippen LogP contribution is -2.46. The van der Waals surface area contributed by atoms with Gasteiger partial charge >= 0.3 is 0 Å². The Hall–Kier alpha value is -1.47. The topological polar surface area (TPSA) is 70.6 Å². The minimum atomic E-state index is -3.23. The van der Waals surface area contributed by atoms with Crippen LogP contribution < -0.4 is 0 Å². The number of carbonyl (C=O) groups is 1. The number of hydrogen-bond acceptors (Lipinski definition) is 4. The van der Waals surface area contributed by atoms with Crippen molar-refractivity contribution in [2.45, 2.75) is 31.7 Å². The van der Waals surface area contributed by atoms with Gasteiger partial charge in [0, 0.05) is 32.0 Å². The molecule has 0 unspecified atom stereocenters. The molecular formula is C16H23N3O3S. The van der Waals surface area contributed by atoms with E-state index in [4.69, 9.17) is 0 Å². The fraction of sp³-hybridized carbons (Fsp3) is 0.625. The van der Waals surface area contributed by atoms with Crippen LogP contribution in [0.1, 0.15) is 37.3 Å². The van der Waals surface area contributed by atoms with Gasteiger partial charge in [-0.25, -0.2) is 12.7 Å². The van der Waals surface area contributed by atoms with E-state index in [1.807, 2.05) is 17.0 Å². The lowest BCUT2D eigenvalue weighted by molar-refractivity contribution is -0.137. The molecule has 0 bridgehead atoms. The second-order valence-corrected chi connectivity index (χ2v) is 8.41. The molecule has 0 radical (unpaired) electrons. The Morgan fingerprint density at radius 1 is 1.17 bits per heavy atom. The second kappa shape index (κ2) is 6.57. The van der Waals surface area contributed by atoms with Crippen molar-refractivity contribution in [2.75, 3.05) is 25.9 Å². The number of likely N-dealkylation sites (tertiary alicyclic amines) is 1. The maximum absolute atomic E-state index is 12.9. The first-order valence-electron chi connectivity index (χ1n) is 8.12. The summed E-state index contributed by atoms with van der Waals surface area (Å²) < 4.78 is 25.0. The number of piperidine rings is 1. The van der Waals surface area contributed by atoms with Gasteiger partial charge in [-0.15, -0.1) is 0 Å². The van der Waals surface area contributed by atoms with Crippen molar-refractivity contribution in [3.05, 3.63) is 30.1 Å². The molecule has 2 atom stereocenters. The molecule has 0 spiro atoms. The zero-order chi connectivity index (χ0) is 16.4. The van der Waals surface area contributed by atoms with Crippen molar-refractivity contribution >= 4 is 15.9 Å². The van der Waals surface area contributed by atoms with Gasteiger partial charge in [-0.05, 0) is 43.4 Å². The molecule has 0 N–H and O–H groups in total. The number of sulfonamides is 1. The Kier molecular flexibility index (Phi) is 4.68. The van der Waals surface area contributed by atoms with Crippen LogP contribution in [0.5, 0.6) is 0 Å². The summed E-state index contributed by atoms with van der Waals surface area (Å²) in [6.07, 6.45) is 8.18. The molecule has 23 heavy (non-hydrogen) atoms. The van der Waals surface area contributed by atoms with Crippen molar-refractivity contribution in [1.29, 1.82) is 0 Å². The van der Waals surface area contributed by atoms with Crippen molar-refractivity contribution in [2.24, 2.45) is 5.92 Å². The second-order valence-electron chi connectivity index (χ2n) is 6.43. The highest BCUT2D eigenvalue weighted by molar-refractivity contribution is 7.88. The predicted molar refractivity (Wildman–Crippen MR) is 87.1 cm³/mol. The summed E-state index contributed by atoms with van der Waals surface area (Å²) in [5.41, 5.74) is 1.11. The number of rotatable bonds is 3. The molecule has 1 aromatic heterocycles. The molecule has 3 rings (SSSR count). The Bertz CT molecular complexity index is 662. The van der Waals surface area contributed by atoms with Gasteiger partial charge in [0.25, 0.3) is 0 Å². The van der Waals surface area contributed by atoms with E-state index in [2.05, 4.69) is 4.98 Å². The normalized spacial score (nSPS) is 26.4. The van der Waals surface area contributed by atoms with Gasteiger partial charge in [0.2, 0.25) is 15.9 Å². The Morgan fingerprint density at radius 3 is 2.57 bits per heavy atom. The van der Waals surface area contributed by atoms with Crippen LogP contribution in [0.25, 0.3) is 0 Å². The van der Waals surface area contributed by atoms with Crippen LogP contribution in [0.2, 0.25) is 0 Å². The standard InChI is InChI=1S/C16H23N3O3S/c1-23(21,22)18-10-2-4-14(12-18)16(20)19-11-3-5-15(19)13-6-8-17-9-7-13/h6-9,14-15H,2-5,10-12H2,1H3/t14-,15-/m1/s1. The maximum Gasteiger partial charge on any atom is 0.227 e. The van der Waals surface area contributed by atoms with Crippen LogP contribution in [0.3, 0.4) is 0 Å². The van der Waals surface area contributed by atoms with E-state index in [-0.39, 0.29) is 17.9 Å². The minimum absolute atomic E-state index is 0.0951. The van der Waals surface area contributed by atoms with Gasteiger partial charge in [-0.2, -0.15) is 0 Å². The van der Waals surface area contributed by atoms with Crippen molar-refractivity contribution in [3.8, 4) is 0 Å². The number of hydrogen-bond donors (Lipinski definition) is 0. The van der Waals surface area contributed by atoms with E-state index < -0.39 is 10.0 Å². The van der Waals surface area contributed by atoms with E-state index in [1.165, 1.54) is 10.6 Å². The van der Waals surface area contributed by atoms with E-state index in [0.29, 0.717) is 13.1 Å². The van der Waals surface area contributed by atoms with E-state index in [9.17, 15) is 13.2 Å². The van der Waals surface area contributed by atoms with Gasteiger partial charge in [0.15, 0.2) is 0 Å². The minimum Gasteiger partial charge on any atom is -0.335 e. The van der Waals surface area contributed by atoms with E-state index in [0.717, 1.165) is 37.8 Å². The highest BCUT2D eigenvalue weighted by Gasteiger charge is 2.37. The van der Waals surface area contributed by atoms with Gasteiger partial charge < -0.3 is 4.90 Å². The molecule has 2 fully saturated rings. The van der Waals surface area contributed by atoms with Crippen LogP contribution in [0.15, 0.2) is 24.5 Å². The van der Waals surface area contributed by atoms with Gasteiger partial charge in [0.1, 0.15) is 0 Å². The molecule has 0 aliphatic carbocycles. The van der Waals surface area contributed by atoms with Gasteiger partial charge in [-0.3, -0.25) is 9.78 Å². The summed E-state index contributed by atoms with van der Waals surface area (Å²) in [5, 5.41) is 0. The van der Waals surface area contributed by atoms with Crippen molar-refractivity contribution in [3.63, 3.8) is 0 Å². The molecule has 126 valence electrons. The Labute approximate surface area is 137 Å². The number of amides is 1. The maximum atomic E-state index is 12.9. The first kappa shape index (κ1) is 16.4. The molecule has 1 aromatic rings. The smallest absolute Gasteiger partial charge is 0.227 e. The number of pyridine rings is 1. The Morgan fingerprint density at radius 2 is 1.87 bits per heavy atom. The molecule has 0 aromatic carbocycles. The molecule has 1 amide bonds. The molecule has 7 heteroatoms. The fourth-order valence-electron chi connectivity index (χ4n) is 3.64. The highest BCUT2D eigenvalue weighted by Crippen LogP contribution is 2.34. The number of carbonyl (C=O) groups excluding carboxylic acids is 1. The average molecular weight is 337 g/mol. The monoisotopic (exact) mass is 337 g/mol.